The van der Waals surface area contributed by atoms with Crippen LogP contribution >= 0.6 is 0 Å². The van der Waals surface area contributed by atoms with Crippen molar-refractivity contribution in [3.63, 3.8) is 0 Å². The van der Waals surface area contributed by atoms with Gasteiger partial charge in [-0.05, 0) is 45.3 Å². The van der Waals surface area contributed by atoms with E-state index in [-0.39, 0.29) is 5.54 Å². The molecule has 0 aliphatic carbocycles. The highest BCUT2D eigenvalue weighted by Crippen LogP contribution is 2.36. The molecule has 4 N–H and O–H groups in total. The predicted octanol–water partition coefficient (Wildman–Crippen LogP) is -0.0859. The lowest BCUT2D eigenvalue weighted by Crippen LogP contribution is -2.67. The third kappa shape index (κ3) is 2.12. The molecule has 0 aromatic heterocycles. The first-order valence-corrected chi connectivity index (χ1v) is 6.54. The molecular formula is C12H25N3O. The second-order valence-corrected chi connectivity index (χ2v) is 5.37. The van der Waals surface area contributed by atoms with Gasteiger partial charge >= 0.3 is 0 Å². The molecule has 2 saturated heterocycles. The smallest absolute Gasteiger partial charge is 0.0851 e. The zero-order valence-corrected chi connectivity index (χ0v) is 10.3. The van der Waals surface area contributed by atoms with Gasteiger partial charge in [-0.2, -0.15) is 0 Å². The highest BCUT2D eigenvalue weighted by atomic mass is 16.3. The van der Waals surface area contributed by atoms with Gasteiger partial charge in [0, 0.05) is 18.6 Å². The Hall–Kier alpha value is -0.160. The maximum atomic E-state index is 10.8. The molecule has 0 aromatic rings. The minimum Gasteiger partial charge on any atom is -0.388 e. The summed E-state index contributed by atoms with van der Waals surface area (Å²) in [5.41, 5.74) is 5.45. The SMILES string of the molecule is CCN1CCC(O)(C2(N)CCNCC2)CC1. The monoisotopic (exact) mass is 227 g/mol. The van der Waals surface area contributed by atoms with Crippen LogP contribution in [0.4, 0.5) is 0 Å². The van der Waals surface area contributed by atoms with Crippen LogP contribution in [-0.4, -0.2) is 53.9 Å². The molecule has 94 valence electrons. The van der Waals surface area contributed by atoms with Gasteiger partial charge in [-0.1, -0.05) is 6.92 Å². The summed E-state index contributed by atoms with van der Waals surface area (Å²) >= 11 is 0. The van der Waals surface area contributed by atoms with Gasteiger partial charge in [0.15, 0.2) is 0 Å². The lowest BCUT2D eigenvalue weighted by Gasteiger charge is -2.51. The molecule has 0 amide bonds. The summed E-state index contributed by atoms with van der Waals surface area (Å²) in [4.78, 5) is 2.39. The number of piperidine rings is 2. The summed E-state index contributed by atoms with van der Waals surface area (Å²) in [7, 11) is 0. The number of hydrogen-bond acceptors (Lipinski definition) is 4. The Labute approximate surface area is 98.2 Å². The first-order valence-electron chi connectivity index (χ1n) is 6.54. The van der Waals surface area contributed by atoms with E-state index in [0.29, 0.717) is 0 Å². The quantitative estimate of drug-likeness (QED) is 0.617. The van der Waals surface area contributed by atoms with Gasteiger partial charge in [0.25, 0.3) is 0 Å². The molecule has 0 radical (unpaired) electrons. The third-order valence-corrected chi connectivity index (χ3v) is 4.55. The van der Waals surface area contributed by atoms with E-state index in [1.54, 1.807) is 0 Å². The number of rotatable bonds is 2. The van der Waals surface area contributed by atoms with Crippen LogP contribution in [0.15, 0.2) is 0 Å². The first kappa shape index (κ1) is 12.3. The number of nitrogens with one attached hydrogen (secondary N) is 1. The molecule has 2 heterocycles. The van der Waals surface area contributed by atoms with Gasteiger partial charge in [0.2, 0.25) is 0 Å². The summed E-state index contributed by atoms with van der Waals surface area (Å²) in [5.74, 6) is 0. The van der Waals surface area contributed by atoms with Crippen LogP contribution in [0, 0.1) is 0 Å². The Kier molecular flexibility index (Phi) is 3.54. The summed E-state index contributed by atoms with van der Waals surface area (Å²) in [5, 5.41) is 14.1. The molecular weight excluding hydrogens is 202 g/mol. The zero-order chi connectivity index (χ0) is 11.6. The van der Waals surface area contributed by atoms with Gasteiger partial charge in [-0.3, -0.25) is 0 Å². The Morgan fingerprint density at radius 3 is 2.25 bits per heavy atom. The van der Waals surface area contributed by atoms with Crippen molar-refractivity contribution in [1.82, 2.24) is 10.2 Å². The molecule has 0 atom stereocenters. The highest BCUT2D eigenvalue weighted by Gasteiger charge is 2.48. The summed E-state index contributed by atoms with van der Waals surface area (Å²) in [6.45, 7) is 7.10. The lowest BCUT2D eigenvalue weighted by molar-refractivity contribution is -0.0891. The second kappa shape index (κ2) is 4.61. The molecule has 2 aliphatic heterocycles. The molecule has 0 saturated carbocycles. The average Bonchev–Trinajstić information content (AvgIpc) is 2.31. The number of nitrogens with zero attached hydrogens (tertiary/aromatic N) is 1. The van der Waals surface area contributed by atoms with Crippen LogP contribution < -0.4 is 11.1 Å². The number of hydrogen-bond donors (Lipinski definition) is 3. The van der Waals surface area contributed by atoms with Crippen molar-refractivity contribution in [1.29, 1.82) is 0 Å². The van der Waals surface area contributed by atoms with E-state index >= 15 is 0 Å². The van der Waals surface area contributed by atoms with Gasteiger partial charge < -0.3 is 21.1 Å². The van der Waals surface area contributed by atoms with Crippen molar-refractivity contribution in [3.8, 4) is 0 Å². The van der Waals surface area contributed by atoms with Crippen molar-refractivity contribution < 1.29 is 5.11 Å². The van der Waals surface area contributed by atoms with E-state index in [0.717, 1.165) is 58.4 Å². The maximum Gasteiger partial charge on any atom is 0.0851 e. The minimum absolute atomic E-state index is 0.363. The summed E-state index contributed by atoms with van der Waals surface area (Å²) in [6, 6.07) is 0. The summed E-state index contributed by atoms with van der Waals surface area (Å²) in [6.07, 6.45) is 3.46. The van der Waals surface area contributed by atoms with Crippen LogP contribution in [0.5, 0.6) is 0 Å². The van der Waals surface area contributed by atoms with E-state index in [2.05, 4.69) is 17.1 Å². The molecule has 2 aliphatic rings. The predicted molar refractivity (Wildman–Crippen MR) is 65.3 cm³/mol. The fourth-order valence-corrected chi connectivity index (χ4v) is 3.08. The molecule has 0 bridgehead atoms. The Morgan fingerprint density at radius 2 is 1.75 bits per heavy atom. The molecule has 4 nitrogen and oxygen atoms in total. The highest BCUT2D eigenvalue weighted by molar-refractivity contribution is 5.07. The van der Waals surface area contributed by atoms with E-state index in [1.165, 1.54) is 0 Å². The van der Waals surface area contributed by atoms with Gasteiger partial charge in [-0.15, -0.1) is 0 Å². The van der Waals surface area contributed by atoms with Crippen molar-refractivity contribution in [2.75, 3.05) is 32.7 Å². The average molecular weight is 227 g/mol. The standard InChI is InChI=1S/C12H25N3O/c1-2-15-9-5-12(16,6-10-15)11(13)3-7-14-8-4-11/h14,16H,2-10,13H2,1H3. The minimum atomic E-state index is -0.638. The van der Waals surface area contributed by atoms with Crippen LogP contribution in [-0.2, 0) is 0 Å². The first-order chi connectivity index (χ1) is 7.60. The Balaban J connectivity index is 2.01. The molecule has 2 fully saturated rings. The molecule has 0 spiro atoms. The van der Waals surface area contributed by atoms with Crippen molar-refractivity contribution in [2.24, 2.45) is 5.73 Å². The third-order valence-electron chi connectivity index (χ3n) is 4.55. The Morgan fingerprint density at radius 1 is 1.19 bits per heavy atom. The van der Waals surface area contributed by atoms with Gasteiger partial charge in [0.1, 0.15) is 0 Å². The number of nitrogens with two attached hydrogens (primary N) is 1. The van der Waals surface area contributed by atoms with Gasteiger partial charge in [-0.25, -0.2) is 0 Å². The van der Waals surface area contributed by atoms with Crippen molar-refractivity contribution in [3.05, 3.63) is 0 Å². The zero-order valence-electron chi connectivity index (χ0n) is 10.3. The fourth-order valence-electron chi connectivity index (χ4n) is 3.08. The second-order valence-electron chi connectivity index (χ2n) is 5.37. The van der Waals surface area contributed by atoms with Crippen LogP contribution in [0.2, 0.25) is 0 Å². The fraction of sp³-hybridized carbons (Fsp3) is 1.00. The largest absolute Gasteiger partial charge is 0.388 e. The topological polar surface area (TPSA) is 61.5 Å². The van der Waals surface area contributed by atoms with Crippen LogP contribution in [0.1, 0.15) is 32.6 Å². The number of aliphatic hydroxyl groups is 1. The molecule has 16 heavy (non-hydrogen) atoms. The molecule has 0 unspecified atom stereocenters. The molecule has 2 rings (SSSR count). The van der Waals surface area contributed by atoms with Crippen molar-refractivity contribution in [2.45, 2.75) is 43.7 Å². The molecule has 4 heteroatoms. The van der Waals surface area contributed by atoms with Crippen LogP contribution in [0.25, 0.3) is 0 Å². The summed E-state index contributed by atoms with van der Waals surface area (Å²) < 4.78 is 0. The van der Waals surface area contributed by atoms with Crippen LogP contribution in [0.3, 0.4) is 0 Å². The molecule has 0 aromatic carbocycles. The normalized spacial score (nSPS) is 30.2. The van der Waals surface area contributed by atoms with E-state index in [9.17, 15) is 5.11 Å². The van der Waals surface area contributed by atoms with Gasteiger partial charge in [0.05, 0.1) is 5.60 Å². The lowest BCUT2D eigenvalue weighted by atomic mass is 9.69. The maximum absolute atomic E-state index is 10.8. The van der Waals surface area contributed by atoms with E-state index in [4.69, 9.17) is 5.73 Å². The van der Waals surface area contributed by atoms with E-state index < -0.39 is 5.60 Å². The Bertz CT molecular complexity index is 230. The van der Waals surface area contributed by atoms with E-state index in [1.807, 2.05) is 0 Å². The van der Waals surface area contributed by atoms with Crippen molar-refractivity contribution >= 4 is 0 Å². The number of likely N-dealkylation sites (tertiary alicyclic amines) is 1.